The third kappa shape index (κ3) is 4.95. The Kier molecular flexibility index (Phi) is 6.08. The summed E-state index contributed by atoms with van der Waals surface area (Å²) >= 11 is 0. The molecule has 0 radical (unpaired) electrons. The van der Waals surface area contributed by atoms with Crippen LogP contribution in [0.1, 0.15) is 35.3 Å². The standard InChI is InChI=1S/C22H25N3O5S/c1-15-3-9-19(10-4-15)31(27,28)14-21-23-22(30-24-21)20-11-17(26)13-25(20)12-16-5-7-18(29-2)8-6-16/h3-10,17,20,26H,11-14H2,1-2H3/t17-,20+/m1/s1. The molecule has 1 aliphatic heterocycles. The van der Waals surface area contributed by atoms with Crippen molar-refractivity contribution in [1.29, 1.82) is 0 Å². The highest BCUT2D eigenvalue weighted by molar-refractivity contribution is 7.90. The van der Waals surface area contributed by atoms with Gasteiger partial charge in [-0.3, -0.25) is 4.90 Å². The minimum Gasteiger partial charge on any atom is -0.497 e. The summed E-state index contributed by atoms with van der Waals surface area (Å²) in [6.07, 6.45) is -0.0717. The molecule has 1 aromatic heterocycles. The molecule has 1 N–H and O–H groups in total. The molecule has 1 saturated heterocycles. The zero-order valence-corrected chi connectivity index (χ0v) is 18.2. The molecule has 2 heterocycles. The molecule has 3 aromatic rings. The van der Waals surface area contributed by atoms with E-state index in [1.807, 2.05) is 31.2 Å². The van der Waals surface area contributed by atoms with Gasteiger partial charge in [0.05, 0.1) is 24.2 Å². The highest BCUT2D eigenvalue weighted by Crippen LogP contribution is 2.33. The minimum absolute atomic E-state index is 0.112. The van der Waals surface area contributed by atoms with Crippen molar-refractivity contribution in [1.82, 2.24) is 15.0 Å². The Hall–Kier alpha value is -2.75. The van der Waals surface area contributed by atoms with E-state index in [2.05, 4.69) is 15.0 Å². The van der Waals surface area contributed by atoms with E-state index in [4.69, 9.17) is 9.26 Å². The summed E-state index contributed by atoms with van der Waals surface area (Å²) in [5, 5.41) is 14.1. The smallest absolute Gasteiger partial charge is 0.244 e. The maximum atomic E-state index is 12.7. The highest BCUT2D eigenvalue weighted by atomic mass is 32.2. The van der Waals surface area contributed by atoms with Crippen LogP contribution in [0.15, 0.2) is 57.9 Å². The maximum Gasteiger partial charge on any atom is 0.244 e. The van der Waals surface area contributed by atoms with Crippen LogP contribution in [0, 0.1) is 6.92 Å². The second-order valence-electron chi connectivity index (χ2n) is 7.80. The Morgan fingerprint density at radius 3 is 2.55 bits per heavy atom. The Labute approximate surface area is 181 Å². The van der Waals surface area contributed by atoms with Gasteiger partial charge in [0.15, 0.2) is 15.7 Å². The lowest BCUT2D eigenvalue weighted by Gasteiger charge is -2.21. The molecule has 2 atom stereocenters. The molecule has 0 spiro atoms. The van der Waals surface area contributed by atoms with E-state index in [0.717, 1.165) is 16.9 Å². The third-order valence-corrected chi connectivity index (χ3v) is 7.02. The number of benzene rings is 2. The number of aliphatic hydroxyl groups excluding tert-OH is 1. The topological polar surface area (TPSA) is 106 Å². The normalized spacial score (nSPS) is 19.6. The predicted octanol–water partition coefficient (Wildman–Crippen LogP) is 2.67. The fourth-order valence-electron chi connectivity index (χ4n) is 3.74. The first kappa shape index (κ1) is 21.5. The maximum absolute atomic E-state index is 12.7. The van der Waals surface area contributed by atoms with E-state index in [1.54, 1.807) is 31.4 Å². The molecule has 31 heavy (non-hydrogen) atoms. The van der Waals surface area contributed by atoms with Crippen LogP contribution in [-0.2, 0) is 22.1 Å². The van der Waals surface area contributed by atoms with Crippen molar-refractivity contribution in [2.45, 2.75) is 42.7 Å². The van der Waals surface area contributed by atoms with Gasteiger partial charge in [0.25, 0.3) is 0 Å². The molecular formula is C22H25N3O5S. The predicted molar refractivity (Wildman–Crippen MR) is 113 cm³/mol. The van der Waals surface area contributed by atoms with Crippen LogP contribution in [0.5, 0.6) is 5.75 Å². The Morgan fingerprint density at radius 2 is 1.87 bits per heavy atom. The largest absolute Gasteiger partial charge is 0.497 e. The van der Waals surface area contributed by atoms with Crippen LogP contribution < -0.4 is 4.74 Å². The number of aromatic nitrogens is 2. The number of ether oxygens (including phenoxy) is 1. The first-order chi connectivity index (χ1) is 14.8. The van der Waals surface area contributed by atoms with Crippen molar-refractivity contribution >= 4 is 9.84 Å². The van der Waals surface area contributed by atoms with Gasteiger partial charge in [-0.1, -0.05) is 35.0 Å². The molecule has 1 aliphatic rings. The first-order valence-electron chi connectivity index (χ1n) is 10.0. The molecule has 164 valence electrons. The average molecular weight is 444 g/mol. The number of hydrogen-bond acceptors (Lipinski definition) is 8. The quantitative estimate of drug-likeness (QED) is 0.594. The van der Waals surface area contributed by atoms with E-state index in [1.165, 1.54) is 0 Å². The molecule has 0 saturated carbocycles. The molecular weight excluding hydrogens is 418 g/mol. The van der Waals surface area contributed by atoms with Crippen LogP contribution in [-0.4, -0.2) is 48.3 Å². The first-order valence-corrected chi connectivity index (χ1v) is 11.7. The minimum atomic E-state index is -3.58. The monoisotopic (exact) mass is 443 g/mol. The molecule has 0 unspecified atom stereocenters. The molecule has 4 rings (SSSR count). The van der Waals surface area contributed by atoms with Crippen LogP contribution in [0.25, 0.3) is 0 Å². The summed E-state index contributed by atoms with van der Waals surface area (Å²) in [7, 11) is -1.96. The van der Waals surface area contributed by atoms with E-state index in [0.29, 0.717) is 25.4 Å². The number of aryl methyl sites for hydroxylation is 1. The number of β-amino-alcohol motifs (C(OH)–C–C–N with tert-alkyl or cyclic N) is 1. The molecule has 0 bridgehead atoms. The van der Waals surface area contributed by atoms with Crippen LogP contribution in [0.3, 0.4) is 0 Å². The number of methoxy groups -OCH3 is 1. The van der Waals surface area contributed by atoms with E-state index in [-0.39, 0.29) is 22.5 Å². The zero-order chi connectivity index (χ0) is 22.0. The molecule has 9 heteroatoms. The third-order valence-electron chi connectivity index (χ3n) is 5.39. The molecule has 0 amide bonds. The number of nitrogens with zero attached hydrogens (tertiary/aromatic N) is 3. The summed E-state index contributed by atoms with van der Waals surface area (Å²) in [5.74, 6) is 0.867. The lowest BCUT2D eigenvalue weighted by atomic mass is 10.1. The Bertz CT molecular complexity index is 1130. The molecule has 1 fully saturated rings. The fourth-order valence-corrected chi connectivity index (χ4v) is 4.91. The summed E-state index contributed by atoms with van der Waals surface area (Å²) in [5.41, 5.74) is 2.04. The van der Waals surface area contributed by atoms with Crippen LogP contribution >= 0.6 is 0 Å². The van der Waals surface area contributed by atoms with Crippen molar-refractivity contribution < 1.29 is 22.8 Å². The second kappa shape index (κ2) is 8.78. The van der Waals surface area contributed by atoms with Crippen LogP contribution in [0.2, 0.25) is 0 Å². The van der Waals surface area contributed by atoms with Crippen molar-refractivity contribution in [2.75, 3.05) is 13.7 Å². The number of likely N-dealkylation sites (tertiary alicyclic amines) is 1. The summed E-state index contributed by atoms with van der Waals surface area (Å²) in [6.45, 7) is 2.96. The Morgan fingerprint density at radius 1 is 1.16 bits per heavy atom. The zero-order valence-electron chi connectivity index (χ0n) is 17.4. The van der Waals surface area contributed by atoms with Gasteiger partial charge in [-0.25, -0.2) is 8.42 Å². The van der Waals surface area contributed by atoms with Gasteiger partial charge in [-0.2, -0.15) is 4.98 Å². The number of aliphatic hydroxyl groups is 1. The van der Waals surface area contributed by atoms with Crippen molar-refractivity contribution in [3.05, 3.63) is 71.4 Å². The van der Waals surface area contributed by atoms with Gasteiger partial charge >= 0.3 is 0 Å². The number of hydrogen-bond donors (Lipinski definition) is 1. The van der Waals surface area contributed by atoms with E-state index < -0.39 is 15.9 Å². The number of sulfone groups is 1. The van der Waals surface area contributed by atoms with E-state index in [9.17, 15) is 13.5 Å². The van der Waals surface area contributed by atoms with Gasteiger partial charge in [0.2, 0.25) is 5.89 Å². The van der Waals surface area contributed by atoms with Gasteiger partial charge in [-0.05, 0) is 43.2 Å². The SMILES string of the molecule is COc1ccc(CN2C[C@H](O)C[C@H]2c2nc(CS(=O)(=O)c3ccc(C)cc3)no2)cc1. The van der Waals surface area contributed by atoms with E-state index >= 15 is 0 Å². The summed E-state index contributed by atoms with van der Waals surface area (Å²) < 4.78 is 35.9. The molecule has 2 aromatic carbocycles. The van der Waals surface area contributed by atoms with Gasteiger partial charge in [-0.15, -0.1) is 0 Å². The Balaban J connectivity index is 1.49. The fraction of sp³-hybridized carbons (Fsp3) is 0.364. The van der Waals surface area contributed by atoms with Crippen LogP contribution in [0.4, 0.5) is 0 Å². The van der Waals surface area contributed by atoms with Crippen molar-refractivity contribution in [3.8, 4) is 5.75 Å². The lowest BCUT2D eigenvalue weighted by Crippen LogP contribution is -2.24. The van der Waals surface area contributed by atoms with Gasteiger partial charge < -0.3 is 14.4 Å². The second-order valence-corrected chi connectivity index (χ2v) is 9.79. The molecule has 0 aliphatic carbocycles. The van der Waals surface area contributed by atoms with Crippen molar-refractivity contribution in [3.63, 3.8) is 0 Å². The average Bonchev–Trinajstić information content (AvgIpc) is 3.34. The molecule has 8 nitrogen and oxygen atoms in total. The van der Waals surface area contributed by atoms with Gasteiger partial charge in [0, 0.05) is 13.1 Å². The highest BCUT2D eigenvalue weighted by Gasteiger charge is 2.36. The lowest BCUT2D eigenvalue weighted by molar-refractivity contribution is 0.169. The summed E-state index contributed by atoms with van der Waals surface area (Å²) in [6, 6.07) is 14.1. The van der Waals surface area contributed by atoms with Crippen molar-refractivity contribution in [2.24, 2.45) is 0 Å². The summed E-state index contributed by atoms with van der Waals surface area (Å²) in [4.78, 5) is 6.62. The number of rotatable bonds is 7. The van der Waals surface area contributed by atoms with Gasteiger partial charge in [0.1, 0.15) is 11.5 Å².